The Morgan fingerprint density at radius 1 is 0.825 bits per heavy atom. The molecule has 1 unspecified atom stereocenters. The van der Waals surface area contributed by atoms with Crippen molar-refractivity contribution in [3.05, 3.63) is 82.8 Å². The lowest BCUT2D eigenvalue weighted by atomic mass is 9.78. The van der Waals surface area contributed by atoms with Crippen LogP contribution in [-0.4, -0.2) is 142 Å². The Morgan fingerprint density at radius 2 is 1.49 bits per heavy atom. The number of H-pyrrole nitrogens is 1. The van der Waals surface area contributed by atoms with E-state index < -0.39 is 11.7 Å². The van der Waals surface area contributed by atoms with Gasteiger partial charge in [-0.25, -0.2) is 14.4 Å². The van der Waals surface area contributed by atoms with Gasteiger partial charge in [-0.15, -0.1) is 0 Å². The largest absolute Gasteiger partial charge is 0.369 e. The molecule has 5 atom stereocenters. The van der Waals surface area contributed by atoms with Gasteiger partial charge in [-0.05, 0) is 93.7 Å². The number of benzene rings is 2. The molecule has 6 aliphatic rings. The summed E-state index contributed by atoms with van der Waals surface area (Å²) in [5, 5.41) is 3.64. The molecule has 4 fully saturated rings. The molecule has 334 valence electrons. The number of alkyl halides is 1. The number of imide groups is 1. The number of piperidine rings is 1. The molecule has 13 nitrogen and oxygen atoms in total. The van der Waals surface area contributed by atoms with Gasteiger partial charge < -0.3 is 19.7 Å². The van der Waals surface area contributed by atoms with Crippen molar-refractivity contribution in [3.8, 4) is 0 Å². The van der Waals surface area contributed by atoms with E-state index in [1.165, 1.54) is 36.6 Å². The third kappa shape index (κ3) is 8.58. The zero-order chi connectivity index (χ0) is 43.4. The second-order valence-corrected chi connectivity index (χ2v) is 19.8. The van der Waals surface area contributed by atoms with Gasteiger partial charge >= 0.3 is 0 Å². The van der Waals surface area contributed by atoms with Crippen molar-refractivity contribution in [1.29, 1.82) is 0 Å². The number of para-hydroxylation sites is 1. The van der Waals surface area contributed by atoms with Gasteiger partial charge in [-0.2, -0.15) is 0 Å². The van der Waals surface area contributed by atoms with Crippen LogP contribution < -0.4 is 15.1 Å². The number of carbonyl (C=O) groups excluding carboxylic acids is 3. The highest BCUT2D eigenvalue weighted by Crippen LogP contribution is 2.42. The van der Waals surface area contributed by atoms with Crippen LogP contribution in [0.5, 0.6) is 0 Å². The maximum Gasteiger partial charge on any atom is 0.255 e. The highest BCUT2D eigenvalue weighted by atomic mass is 19.1. The van der Waals surface area contributed by atoms with E-state index in [-0.39, 0.29) is 36.2 Å². The molecule has 63 heavy (non-hydrogen) atoms. The predicted octanol–water partition coefficient (Wildman–Crippen LogP) is 5.55. The number of aromatic amines is 1. The van der Waals surface area contributed by atoms with E-state index >= 15 is 4.39 Å². The number of halogens is 1. The second-order valence-electron chi connectivity index (χ2n) is 19.8. The summed E-state index contributed by atoms with van der Waals surface area (Å²) in [6.45, 7) is 16.3. The lowest BCUT2D eigenvalue weighted by molar-refractivity contribution is -0.136. The molecular weight excluding hydrogens is 796 g/mol. The Labute approximate surface area is 370 Å². The Kier molecular flexibility index (Phi) is 11.5. The molecule has 0 spiro atoms. The van der Waals surface area contributed by atoms with E-state index in [0.29, 0.717) is 36.9 Å². The van der Waals surface area contributed by atoms with Crippen LogP contribution in [0.25, 0.3) is 10.9 Å². The minimum Gasteiger partial charge on any atom is -0.369 e. The number of rotatable bonds is 10. The van der Waals surface area contributed by atoms with Crippen molar-refractivity contribution in [3.63, 3.8) is 0 Å². The van der Waals surface area contributed by atoms with E-state index in [1.807, 2.05) is 18.5 Å². The van der Waals surface area contributed by atoms with Crippen molar-refractivity contribution >= 4 is 40.3 Å². The number of piperazine rings is 2. The average molecular weight is 859 g/mol. The second kappa shape index (κ2) is 17.2. The van der Waals surface area contributed by atoms with Crippen LogP contribution in [0.3, 0.4) is 0 Å². The highest BCUT2D eigenvalue weighted by Gasteiger charge is 2.41. The Balaban J connectivity index is 0.724. The first-order valence-corrected chi connectivity index (χ1v) is 23.5. The molecule has 0 radical (unpaired) electrons. The number of aromatic nitrogens is 3. The molecule has 2 aromatic carbocycles. The van der Waals surface area contributed by atoms with E-state index in [9.17, 15) is 14.4 Å². The van der Waals surface area contributed by atoms with Crippen molar-refractivity contribution in [2.75, 3.05) is 81.8 Å². The van der Waals surface area contributed by atoms with Gasteiger partial charge in [0.05, 0.1) is 6.04 Å². The van der Waals surface area contributed by atoms with Gasteiger partial charge in [0.25, 0.3) is 5.91 Å². The smallest absolute Gasteiger partial charge is 0.255 e. The number of anilines is 2. The quantitative estimate of drug-likeness (QED) is 0.196. The summed E-state index contributed by atoms with van der Waals surface area (Å²) in [4.78, 5) is 65.1. The van der Waals surface area contributed by atoms with Crippen LogP contribution >= 0.6 is 0 Å². The van der Waals surface area contributed by atoms with Crippen LogP contribution in [0.4, 0.5) is 16.0 Å². The molecule has 10 rings (SSSR count). The molecule has 1 saturated carbocycles. The molecule has 4 aromatic rings. The molecule has 0 bridgehead atoms. The Morgan fingerprint density at radius 3 is 2.16 bits per heavy atom. The minimum atomic E-state index is -1.34. The van der Waals surface area contributed by atoms with E-state index in [0.717, 1.165) is 106 Å². The van der Waals surface area contributed by atoms with Gasteiger partial charge in [-0.1, -0.05) is 31.0 Å². The molecule has 7 heterocycles. The molecule has 5 aliphatic heterocycles. The maximum atomic E-state index is 15.3. The summed E-state index contributed by atoms with van der Waals surface area (Å²) in [6, 6.07) is 14.0. The number of amides is 3. The monoisotopic (exact) mass is 859 g/mol. The van der Waals surface area contributed by atoms with Crippen LogP contribution in [0.2, 0.25) is 0 Å². The van der Waals surface area contributed by atoms with E-state index in [1.54, 1.807) is 18.7 Å². The summed E-state index contributed by atoms with van der Waals surface area (Å²) < 4.78 is 15.3. The van der Waals surface area contributed by atoms with E-state index in [2.05, 4.69) is 78.1 Å². The standard InChI is InChI=1S/C49H63FN10O3/c1-32-24-40-39-10-6-7-11-41(39)53-44(40)45(60(32)31-49(2,3)50)36-26-51-48(52-27-36)58-22-18-56(19-23-58)29-34-9-5-4-8-33(34)28-55-16-20-57(21-17-55)37-12-13-38-35(25-37)30-59(47(38)63)42-14-15-43(61)54-46(42)62/h6-7,10-13,25-27,32-34,42,45,53H,4-5,8-9,14-24,28-31H2,1-3H3,(H,54,61,62)/t32-,33+,34+,42?,45-/m1/s1. The first kappa shape index (κ1) is 42.1. The molecule has 3 amide bonds. The van der Waals surface area contributed by atoms with Gasteiger partial charge in [0, 0.05) is 137 Å². The normalized spacial score (nSPS) is 26.6. The molecular formula is C49H63FN10O3. The van der Waals surface area contributed by atoms with Crippen LogP contribution in [0.1, 0.15) is 98.1 Å². The third-order valence-electron chi connectivity index (χ3n) is 15.0. The Hall–Kier alpha value is -4.92. The minimum absolute atomic E-state index is 0.123. The fourth-order valence-corrected chi connectivity index (χ4v) is 11.7. The number of nitrogens with zero attached hydrogens (tertiary/aromatic N) is 8. The zero-order valence-electron chi connectivity index (χ0n) is 37.2. The fraction of sp³-hybridized carbons (Fsp3) is 0.571. The summed E-state index contributed by atoms with van der Waals surface area (Å²) in [5.41, 5.74) is 5.97. The molecule has 3 saturated heterocycles. The average Bonchev–Trinajstić information content (AvgIpc) is 3.81. The van der Waals surface area contributed by atoms with Crippen LogP contribution in [-0.2, 0) is 22.6 Å². The van der Waals surface area contributed by atoms with Crippen LogP contribution in [0.15, 0.2) is 54.9 Å². The highest BCUT2D eigenvalue weighted by molar-refractivity contribution is 6.05. The number of nitrogens with one attached hydrogen (secondary N) is 2. The fourth-order valence-electron chi connectivity index (χ4n) is 11.7. The lowest BCUT2D eigenvalue weighted by Crippen LogP contribution is -2.52. The summed E-state index contributed by atoms with van der Waals surface area (Å²) in [5.74, 6) is 1.41. The molecule has 2 aromatic heterocycles. The van der Waals surface area contributed by atoms with Crippen LogP contribution in [0, 0.1) is 11.8 Å². The first-order chi connectivity index (χ1) is 30.5. The summed E-state index contributed by atoms with van der Waals surface area (Å²) >= 11 is 0. The van der Waals surface area contributed by atoms with Crippen molar-refractivity contribution in [2.24, 2.45) is 11.8 Å². The van der Waals surface area contributed by atoms with Gasteiger partial charge in [0.15, 0.2) is 0 Å². The topological polar surface area (TPSA) is 124 Å². The first-order valence-electron chi connectivity index (χ1n) is 23.5. The summed E-state index contributed by atoms with van der Waals surface area (Å²) in [7, 11) is 0. The van der Waals surface area contributed by atoms with Gasteiger partial charge in [0.1, 0.15) is 11.7 Å². The Bertz CT molecular complexity index is 2330. The number of hydrogen-bond donors (Lipinski definition) is 2. The molecule has 14 heteroatoms. The number of fused-ring (bicyclic) bond motifs is 4. The number of hydrogen-bond acceptors (Lipinski definition) is 10. The van der Waals surface area contributed by atoms with Crippen molar-refractivity contribution in [1.82, 2.24) is 39.9 Å². The third-order valence-corrected chi connectivity index (χ3v) is 15.0. The zero-order valence-corrected chi connectivity index (χ0v) is 37.2. The van der Waals surface area contributed by atoms with E-state index in [4.69, 9.17) is 9.97 Å². The van der Waals surface area contributed by atoms with Crippen molar-refractivity contribution < 1.29 is 18.8 Å². The molecule has 2 N–H and O–H groups in total. The number of carbonyl (C=O) groups is 3. The summed E-state index contributed by atoms with van der Waals surface area (Å²) in [6.07, 6.45) is 10.7. The lowest BCUT2D eigenvalue weighted by Gasteiger charge is -2.43. The van der Waals surface area contributed by atoms with Crippen molar-refractivity contribution in [2.45, 2.75) is 96.1 Å². The predicted molar refractivity (Wildman–Crippen MR) is 242 cm³/mol. The SMILES string of the molecule is C[C@@H]1Cc2c([nH]c3ccccc23)[C@@H](c2cnc(N3CCN(C[C@@H]4CCCC[C@H]4CN4CCN(c5ccc6c(c5)CN(C5CCC(=O)NC5=O)C6=O)CC4)CC3)nc2)N1CC(C)(C)F. The van der Waals surface area contributed by atoms with Gasteiger partial charge in [-0.3, -0.25) is 34.4 Å². The van der Waals surface area contributed by atoms with Gasteiger partial charge in [0.2, 0.25) is 17.8 Å². The molecule has 1 aliphatic carbocycles. The maximum absolute atomic E-state index is 15.3.